The standard InChI is InChI=1S/C26H32N2O7/c1-17(28-34-4)26(12-14-35-15-13-26)25(31)27-20(24(29)30)16-18-8-10-19(11-9-18)23-21(32-2)6-5-7-22(23)33-3/h5-11,20H,12-16H2,1-4H3,(H,27,31)(H,29,30)/t20-/m0/s1. The highest BCUT2D eigenvalue weighted by Crippen LogP contribution is 2.38. The number of methoxy groups -OCH3 is 2. The van der Waals surface area contributed by atoms with Gasteiger partial charge in [0.05, 0.1) is 30.9 Å². The molecular formula is C26H32N2O7. The van der Waals surface area contributed by atoms with Crippen LogP contribution >= 0.6 is 0 Å². The van der Waals surface area contributed by atoms with Gasteiger partial charge in [0.25, 0.3) is 0 Å². The van der Waals surface area contributed by atoms with Crippen LogP contribution in [0.15, 0.2) is 47.6 Å². The molecule has 1 aliphatic rings. The quantitative estimate of drug-likeness (QED) is 0.393. The van der Waals surface area contributed by atoms with Gasteiger partial charge < -0.3 is 29.5 Å². The maximum Gasteiger partial charge on any atom is 0.326 e. The molecule has 0 saturated carbocycles. The molecule has 0 aromatic heterocycles. The van der Waals surface area contributed by atoms with Crippen molar-refractivity contribution in [1.29, 1.82) is 0 Å². The molecule has 188 valence electrons. The fourth-order valence-electron chi connectivity index (χ4n) is 4.37. The van der Waals surface area contributed by atoms with Gasteiger partial charge in [-0.3, -0.25) is 4.79 Å². The van der Waals surface area contributed by atoms with Crippen molar-refractivity contribution in [3.05, 3.63) is 48.0 Å². The lowest BCUT2D eigenvalue weighted by Crippen LogP contribution is -2.54. The Labute approximate surface area is 205 Å². The number of hydrogen-bond donors (Lipinski definition) is 2. The van der Waals surface area contributed by atoms with E-state index in [9.17, 15) is 14.7 Å². The Balaban J connectivity index is 1.81. The van der Waals surface area contributed by atoms with E-state index in [-0.39, 0.29) is 12.3 Å². The van der Waals surface area contributed by atoms with Gasteiger partial charge in [0.1, 0.15) is 24.7 Å². The number of benzene rings is 2. The first-order chi connectivity index (χ1) is 16.9. The molecule has 1 saturated heterocycles. The molecule has 0 aliphatic carbocycles. The molecule has 0 bridgehead atoms. The average molecular weight is 485 g/mol. The number of aliphatic carboxylic acids is 1. The highest BCUT2D eigenvalue weighted by molar-refractivity contribution is 6.08. The molecule has 2 aromatic carbocycles. The second-order valence-corrected chi connectivity index (χ2v) is 8.36. The Morgan fingerprint density at radius 2 is 1.66 bits per heavy atom. The number of nitrogens with one attached hydrogen (secondary N) is 1. The fourth-order valence-corrected chi connectivity index (χ4v) is 4.37. The number of rotatable bonds is 10. The van der Waals surface area contributed by atoms with Crippen molar-refractivity contribution in [1.82, 2.24) is 5.32 Å². The zero-order valence-electron chi connectivity index (χ0n) is 20.5. The van der Waals surface area contributed by atoms with Gasteiger partial charge in [0, 0.05) is 19.6 Å². The average Bonchev–Trinajstić information content (AvgIpc) is 2.88. The van der Waals surface area contributed by atoms with E-state index in [0.717, 1.165) is 16.7 Å². The number of oxime groups is 1. The van der Waals surface area contributed by atoms with Gasteiger partial charge in [0.15, 0.2) is 0 Å². The summed E-state index contributed by atoms with van der Waals surface area (Å²) in [7, 11) is 4.60. The zero-order valence-corrected chi connectivity index (χ0v) is 20.5. The monoisotopic (exact) mass is 484 g/mol. The molecule has 35 heavy (non-hydrogen) atoms. The summed E-state index contributed by atoms with van der Waals surface area (Å²) in [4.78, 5) is 30.3. The van der Waals surface area contributed by atoms with Crippen LogP contribution < -0.4 is 14.8 Å². The molecule has 3 rings (SSSR count). The lowest BCUT2D eigenvalue weighted by Gasteiger charge is -2.36. The summed E-state index contributed by atoms with van der Waals surface area (Å²) in [6.45, 7) is 2.49. The third kappa shape index (κ3) is 5.74. The second kappa shape index (κ2) is 11.7. The molecule has 9 nitrogen and oxygen atoms in total. The van der Waals surface area contributed by atoms with E-state index in [4.69, 9.17) is 19.0 Å². The number of ether oxygens (including phenoxy) is 3. The van der Waals surface area contributed by atoms with Gasteiger partial charge in [0.2, 0.25) is 5.91 Å². The van der Waals surface area contributed by atoms with Crippen LogP contribution in [0.4, 0.5) is 0 Å². The van der Waals surface area contributed by atoms with Gasteiger partial charge >= 0.3 is 5.97 Å². The minimum Gasteiger partial charge on any atom is -0.496 e. The Morgan fingerprint density at radius 1 is 1.06 bits per heavy atom. The molecule has 0 spiro atoms. The van der Waals surface area contributed by atoms with Gasteiger partial charge in [-0.1, -0.05) is 35.5 Å². The lowest BCUT2D eigenvalue weighted by atomic mass is 9.75. The van der Waals surface area contributed by atoms with E-state index in [0.29, 0.717) is 43.3 Å². The molecule has 2 aromatic rings. The van der Waals surface area contributed by atoms with E-state index < -0.39 is 17.4 Å². The fraction of sp³-hybridized carbons (Fsp3) is 0.423. The smallest absolute Gasteiger partial charge is 0.326 e. The van der Waals surface area contributed by atoms with Gasteiger partial charge in [-0.05, 0) is 43.0 Å². The van der Waals surface area contributed by atoms with Crippen molar-refractivity contribution in [2.24, 2.45) is 10.6 Å². The number of nitrogens with zero attached hydrogens (tertiary/aromatic N) is 1. The zero-order chi connectivity index (χ0) is 25.4. The molecule has 1 fully saturated rings. The number of hydrogen-bond acceptors (Lipinski definition) is 7. The maximum absolute atomic E-state index is 13.3. The van der Waals surface area contributed by atoms with Crippen molar-refractivity contribution < 1.29 is 33.7 Å². The van der Waals surface area contributed by atoms with Crippen molar-refractivity contribution in [3.63, 3.8) is 0 Å². The third-order valence-corrected chi connectivity index (χ3v) is 6.42. The van der Waals surface area contributed by atoms with Crippen LogP contribution in [0.25, 0.3) is 11.1 Å². The summed E-state index contributed by atoms with van der Waals surface area (Å²) in [6, 6.07) is 11.9. The largest absolute Gasteiger partial charge is 0.496 e. The van der Waals surface area contributed by atoms with Crippen molar-refractivity contribution in [2.75, 3.05) is 34.5 Å². The van der Waals surface area contributed by atoms with Crippen molar-refractivity contribution in [3.8, 4) is 22.6 Å². The van der Waals surface area contributed by atoms with Crippen LogP contribution in [0.5, 0.6) is 11.5 Å². The molecule has 0 unspecified atom stereocenters. The Bertz CT molecular complexity index is 1040. The molecule has 1 atom stereocenters. The van der Waals surface area contributed by atoms with Crippen LogP contribution in [-0.2, 0) is 25.6 Å². The van der Waals surface area contributed by atoms with E-state index in [2.05, 4.69) is 10.5 Å². The Morgan fingerprint density at radius 3 is 2.17 bits per heavy atom. The number of carboxylic acids is 1. The SMILES string of the molecule is CON=C(C)C1(C(=O)N[C@@H](Cc2ccc(-c3c(OC)cccc3OC)cc2)C(=O)O)CCOCC1. The summed E-state index contributed by atoms with van der Waals surface area (Å²) < 4.78 is 16.4. The number of carbonyl (C=O) groups is 2. The van der Waals surface area contributed by atoms with Crippen molar-refractivity contribution in [2.45, 2.75) is 32.2 Å². The van der Waals surface area contributed by atoms with Gasteiger partial charge in [-0.2, -0.15) is 0 Å². The summed E-state index contributed by atoms with van der Waals surface area (Å²) in [5.74, 6) is -0.162. The first-order valence-electron chi connectivity index (χ1n) is 11.4. The van der Waals surface area contributed by atoms with Crippen LogP contribution in [0, 0.1) is 5.41 Å². The van der Waals surface area contributed by atoms with Crippen LogP contribution in [-0.4, -0.2) is 63.3 Å². The van der Waals surface area contributed by atoms with E-state index in [1.807, 2.05) is 42.5 Å². The van der Waals surface area contributed by atoms with Crippen LogP contribution in [0.3, 0.4) is 0 Å². The summed E-state index contributed by atoms with van der Waals surface area (Å²) >= 11 is 0. The van der Waals surface area contributed by atoms with Gasteiger partial charge in [-0.25, -0.2) is 4.79 Å². The summed E-state index contributed by atoms with van der Waals surface area (Å²) in [5, 5.41) is 16.6. The minimum atomic E-state index is -1.11. The number of carbonyl (C=O) groups excluding carboxylic acids is 1. The molecule has 1 aliphatic heterocycles. The molecule has 0 radical (unpaired) electrons. The van der Waals surface area contributed by atoms with E-state index >= 15 is 0 Å². The topological polar surface area (TPSA) is 116 Å². The van der Waals surface area contributed by atoms with E-state index in [1.165, 1.54) is 7.11 Å². The first kappa shape index (κ1) is 26.0. The van der Waals surface area contributed by atoms with E-state index in [1.54, 1.807) is 21.1 Å². The summed E-state index contributed by atoms with van der Waals surface area (Å²) in [6.07, 6.45) is 0.927. The van der Waals surface area contributed by atoms with Crippen molar-refractivity contribution >= 4 is 17.6 Å². The second-order valence-electron chi connectivity index (χ2n) is 8.36. The third-order valence-electron chi connectivity index (χ3n) is 6.42. The molecule has 9 heteroatoms. The van der Waals surface area contributed by atoms with Crippen LogP contribution in [0.2, 0.25) is 0 Å². The molecule has 1 amide bonds. The van der Waals surface area contributed by atoms with Crippen LogP contribution in [0.1, 0.15) is 25.3 Å². The highest BCUT2D eigenvalue weighted by Gasteiger charge is 2.44. The predicted octanol–water partition coefficient (Wildman–Crippen LogP) is 3.30. The normalized spacial score (nSPS) is 16.2. The van der Waals surface area contributed by atoms with Gasteiger partial charge in [-0.15, -0.1) is 0 Å². The molecule has 1 heterocycles. The Kier molecular flexibility index (Phi) is 8.70. The lowest BCUT2D eigenvalue weighted by molar-refractivity contribution is -0.144. The maximum atomic E-state index is 13.3. The first-order valence-corrected chi connectivity index (χ1v) is 11.4. The Hall–Kier alpha value is -3.59. The molecular weight excluding hydrogens is 452 g/mol. The number of carboxylic acid groups (broad SMARTS) is 1. The molecule has 2 N–H and O–H groups in total. The minimum absolute atomic E-state index is 0.122. The highest BCUT2D eigenvalue weighted by atomic mass is 16.6. The predicted molar refractivity (Wildman–Crippen MR) is 131 cm³/mol. The number of amides is 1. The summed E-state index contributed by atoms with van der Waals surface area (Å²) in [5.41, 5.74) is 1.97.